The first-order valence-electron chi connectivity index (χ1n) is 6.90. The summed E-state index contributed by atoms with van der Waals surface area (Å²) in [5, 5.41) is 3.39. The minimum Gasteiger partial charge on any atom is -0.491 e. The van der Waals surface area contributed by atoms with E-state index in [4.69, 9.17) is 14.2 Å². The number of nitrogens with one attached hydrogen (secondary N) is 1. The van der Waals surface area contributed by atoms with E-state index in [1.807, 2.05) is 30.3 Å². The van der Waals surface area contributed by atoms with Crippen LogP contribution in [0.2, 0.25) is 0 Å². The Hall–Kier alpha value is -1.10. The van der Waals surface area contributed by atoms with E-state index in [0.717, 1.165) is 18.7 Å². The lowest BCUT2D eigenvalue weighted by molar-refractivity contribution is -0.136. The maximum Gasteiger partial charge on any atom is 0.119 e. The molecule has 0 radical (unpaired) electrons. The molecule has 1 aromatic rings. The standard InChI is InChI=1S/C15H23NO3/c1-3-16-13-11-14(15(13)17-2)19-10-9-18-12-7-5-4-6-8-12/h4-8,13-16H,3,9-11H2,1-2H3. The second-order valence-electron chi connectivity index (χ2n) is 4.67. The van der Waals surface area contributed by atoms with Crippen LogP contribution in [0.3, 0.4) is 0 Å². The van der Waals surface area contributed by atoms with Crippen molar-refractivity contribution < 1.29 is 14.2 Å². The molecule has 3 unspecified atom stereocenters. The molecule has 1 fully saturated rings. The van der Waals surface area contributed by atoms with Crippen molar-refractivity contribution in [1.29, 1.82) is 0 Å². The van der Waals surface area contributed by atoms with Gasteiger partial charge in [-0.3, -0.25) is 0 Å². The molecule has 0 saturated heterocycles. The third kappa shape index (κ3) is 3.93. The molecule has 1 saturated carbocycles. The van der Waals surface area contributed by atoms with Crippen LogP contribution in [0.1, 0.15) is 13.3 Å². The molecular weight excluding hydrogens is 242 g/mol. The monoisotopic (exact) mass is 265 g/mol. The average molecular weight is 265 g/mol. The smallest absolute Gasteiger partial charge is 0.119 e. The predicted octanol–water partition coefficient (Wildman–Crippen LogP) is 1.85. The second kappa shape index (κ2) is 7.48. The Morgan fingerprint density at radius 1 is 1.21 bits per heavy atom. The molecular formula is C15H23NO3. The van der Waals surface area contributed by atoms with Gasteiger partial charge in [0.15, 0.2) is 0 Å². The number of para-hydroxylation sites is 1. The van der Waals surface area contributed by atoms with Gasteiger partial charge in [-0.05, 0) is 25.1 Å². The summed E-state index contributed by atoms with van der Waals surface area (Å²) in [6, 6.07) is 10.2. The number of likely N-dealkylation sites (N-methyl/N-ethyl adjacent to an activating group) is 1. The summed E-state index contributed by atoms with van der Waals surface area (Å²) in [4.78, 5) is 0. The molecule has 0 aliphatic heterocycles. The average Bonchev–Trinajstić information content (AvgIpc) is 2.42. The SMILES string of the molecule is CCNC1CC(OCCOc2ccccc2)C1OC. The van der Waals surface area contributed by atoms with Crippen molar-refractivity contribution >= 4 is 0 Å². The van der Waals surface area contributed by atoms with Gasteiger partial charge in [0, 0.05) is 13.2 Å². The summed E-state index contributed by atoms with van der Waals surface area (Å²) < 4.78 is 16.8. The first kappa shape index (κ1) is 14.3. The van der Waals surface area contributed by atoms with E-state index in [9.17, 15) is 0 Å². The van der Waals surface area contributed by atoms with E-state index in [1.165, 1.54) is 0 Å². The molecule has 4 heteroatoms. The Bertz CT molecular complexity index is 358. The Morgan fingerprint density at radius 3 is 2.68 bits per heavy atom. The predicted molar refractivity (Wildman–Crippen MR) is 74.6 cm³/mol. The maximum absolute atomic E-state index is 5.79. The molecule has 0 aromatic heterocycles. The summed E-state index contributed by atoms with van der Waals surface area (Å²) >= 11 is 0. The Labute approximate surface area is 115 Å². The van der Waals surface area contributed by atoms with Crippen molar-refractivity contribution in [3.8, 4) is 5.75 Å². The molecule has 1 aromatic carbocycles. The highest BCUT2D eigenvalue weighted by molar-refractivity contribution is 5.20. The van der Waals surface area contributed by atoms with Gasteiger partial charge in [0.25, 0.3) is 0 Å². The van der Waals surface area contributed by atoms with Gasteiger partial charge < -0.3 is 19.5 Å². The fourth-order valence-corrected chi connectivity index (χ4v) is 2.40. The van der Waals surface area contributed by atoms with E-state index >= 15 is 0 Å². The van der Waals surface area contributed by atoms with Crippen molar-refractivity contribution in [2.45, 2.75) is 31.6 Å². The molecule has 0 bridgehead atoms. The van der Waals surface area contributed by atoms with Crippen LogP contribution >= 0.6 is 0 Å². The zero-order chi connectivity index (χ0) is 13.5. The van der Waals surface area contributed by atoms with E-state index in [-0.39, 0.29) is 12.2 Å². The number of methoxy groups -OCH3 is 1. The van der Waals surface area contributed by atoms with Crippen LogP contribution in [-0.4, -0.2) is 45.1 Å². The number of benzene rings is 1. The van der Waals surface area contributed by atoms with Gasteiger partial charge in [-0.15, -0.1) is 0 Å². The largest absolute Gasteiger partial charge is 0.491 e. The molecule has 3 atom stereocenters. The van der Waals surface area contributed by atoms with Crippen LogP contribution in [-0.2, 0) is 9.47 Å². The topological polar surface area (TPSA) is 39.7 Å². The highest BCUT2D eigenvalue weighted by Crippen LogP contribution is 2.26. The van der Waals surface area contributed by atoms with Gasteiger partial charge in [0.2, 0.25) is 0 Å². The third-order valence-electron chi connectivity index (χ3n) is 3.41. The number of hydrogen-bond acceptors (Lipinski definition) is 4. The van der Waals surface area contributed by atoms with E-state index in [2.05, 4.69) is 12.2 Å². The van der Waals surface area contributed by atoms with Crippen LogP contribution < -0.4 is 10.1 Å². The summed E-state index contributed by atoms with van der Waals surface area (Å²) in [5.41, 5.74) is 0. The van der Waals surface area contributed by atoms with E-state index in [0.29, 0.717) is 19.3 Å². The zero-order valence-corrected chi connectivity index (χ0v) is 11.7. The summed E-state index contributed by atoms with van der Waals surface area (Å²) in [5.74, 6) is 0.883. The molecule has 0 amide bonds. The number of ether oxygens (including phenoxy) is 3. The summed E-state index contributed by atoms with van der Waals surface area (Å²) in [6.45, 7) is 4.24. The van der Waals surface area contributed by atoms with Crippen molar-refractivity contribution in [3.05, 3.63) is 30.3 Å². The second-order valence-corrected chi connectivity index (χ2v) is 4.67. The van der Waals surface area contributed by atoms with Crippen LogP contribution in [0, 0.1) is 0 Å². The van der Waals surface area contributed by atoms with Crippen molar-refractivity contribution in [1.82, 2.24) is 5.32 Å². The zero-order valence-electron chi connectivity index (χ0n) is 11.7. The lowest BCUT2D eigenvalue weighted by atomic mass is 9.85. The van der Waals surface area contributed by atoms with Gasteiger partial charge in [-0.2, -0.15) is 0 Å². The molecule has 1 N–H and O–H groups in total. The van der Waals surface area contributed by atoms with Crippen molar-refractivity contribution in [2.75, 3.05) is 26.9 Å². The summed E-state index contributed by atoms with van der Waals surface area (Å²) in [6.07, 6.45) is 1.36. The van der Waals surface area contributed by atoms with Gasteiger partial charge in [-0.25, -0.2) is 0 Å². The summed E-state index contributed by atoms with van der Waals surface area (Å²) in [7, 11) is 1.74. The van der Waals surface area contributed by atoms with Gasteiger partial charge >= 0.3 is 0 Å². The minimum atomic E-state index is 0.164. The molecule has 0 spiro atoms. The number of rotatable bonds is 8. The molecule has 1 aliphatic carbocycles. The first-order valence-corrected chi connectivity index (χ1v) is 6.90. The fourth-order valence-electron chi connectivity index (χ4n) is 2.40. The highest BCUT2D eigenvalue weighted by Gasteiger charge is 2.41. The molecule has 4 nitrogen and oxygen atoms in total. The van der Waals surface area contributed by atoms with E-state index in [1.54, 1.807) is 7.11 Å². The van der Waals surface area contributed by atoms with Crippen LogP contribution in [0.15, 0.2) is 30.3 Å². The third-order valence-corrected chi connectivity index (χ3v) is 3.41. The van der Waals surface area contributed by atoms with Crippen molar-refractivity contribution in [3.63, 3.8) is 0 Å². The van der Waals surface area contributed by atoms with Gasteiger partial charge in [0.05, 0.1) is 18.8 Å². The van der Waals surface area contributed by atoms with E-state index < -0.39 is 0 Å². The normalized spacial score (nSPS) is 25.9. The molecule has 1 aliphatic rings. The van der Waals surface area contributed by atoms with Gasteiger partial charge in [-0.1, -0.05) is 25.1 Å². The minimum absolute atomic E-state index is 0.164. The molecule has 106 valence electrons. The van der Waals surface area contributed by atoms with Crippen LogP contribution in [0.4, 0.5) is 0 Å². The Balaban J connectivity index is 1.61. The van der Waals surface area contributed by atoms with Crippen LogP contribution in [0.25, 0.3) is 0 Å². The Morgan fingerprint density at radius 2 is 2.00 bits per heavy atom. The van der Waals surface area contributed by atoms with Crippen LogP contribution in [0.5, 0.6) is 5.75 Å². The quantitative estimate of drug-likeness (QED) is 0.728. The fraction of sp³-hybridized carbons (Fsp3) is 0.600. The number of hydrogen-bond donors (Lipinski definition) is 1. The molecule has 2 rings (SSSR count). The van der Waals surface area contributed by atoms with Gasteiger partial charge in [0.1, 0.15) is 12.4 Å². The maximum atomic E-state index is 5.79. The van der Waals surface area contributed by atoms with Crippen molar-refractivity contribution in [2.24, 2.45) is 0 Å². The Kier molecular flexibility index (Phi) is 5.63. The lowest BCUT2D eigenvalue weighted by Gasteiger charge is -2.43. The first-order chi connectivity index (χ1) is 9.35. The molecule has 19 heavy (non-hydrogen) atoms. The lowest BCUT2D eigenvalue weighted by Crippen LogP contribution is -2.59. The highest BCUT2D eigenvalue weighted by atomic mass is 16.6. The molecule has 0 heterocycles.